The minimum Gasteiger partial charge on any atom is -0.340 e. The standard InChI is InChI=1S/C22H20N6O/c1-15-4-3-5-17(12-15)22(29)27-19-8-6-18(7-9-19)26-20-13-21(25-16(2)24-20)28-11-10-23-14-28/h3-14H,1-2H3,(H,27,29)(H,24,25,26). The zero-order valence-electron chi connectivity index (χ0n) is 16.1. The minimum absolute atomic E-state index is 0.134. The molecule has 0 unspecified atom stereocenters. The Morgan fingerprint density at radius 3 is 2.48 bits per heavy atom. The van der Waals surface area contributed by atoms with Gasteiger partial charge >= 0.3 is 0 Å². The van der Waals surface area contributed by atoms with Crippen LogP contribution < -0.4 is 10.6 Å². The Kier molecular flexibility index (Phi) is 5.03. The second-order valence-corrected chi connectivity index (χ2v) is 6.65. The number of aromatic nitrogens is 4. The van der Waals surface area contributed by atoms with Crippen LogP contribution in [0.2, 0.25) is 0 Å². The fourth-order valence-corrected chi connectivity index (χ4v) is 2.92. The molecule has 2 heterocycles. The van der Waals surface area contributed by atoms with Crippen molar-refractivity contribution in [3.63, 3.8) is 0 Å². The zero-order valence-corrected chi connectivity index (χ0v) is 16.1. The van der Waals surface area contributed by atoms with E-state index in [1.807, 2.05) is 73.1 Å². The van der Waals surface area contributed by atoms with Crippen molar-refractivity contribution in [3.05, 3.63) is 90.3 Å². The summed E-state index contributed by atoms with van der Waals surface area (Å²) in [4.78, 5) is 25.3. The molecule has 0 fully saturated rings. The fraction of sp³-hybridized carbons (Fsp3) is 0.0909. The largest absolute Gasteiger partial charge is 0.340 e. The average Bonchev–Trinajstić information content (AvgIpc) is 3.24. The van der Waals surface area contributed by atoms with Crippen molar-refractivity contribution in [2.45, 2.75) is 13.8 Å². The number of anilines is 3. The van der Waals surface area contributed by atoms with Crippen LogP contribution in [0.3, 0.4) is 0 Å². The van der Waals surface area contributed by atoms with E-state index in [4.69, 9.17) is 0 Å². The van der Waals surface area contributed by atoms with Gasteiger partial charge in [-0.15, -0.1) is 0 Å². The third-order valence-electron chi connectivity index (χ3n) is 4.29. The number of amides is 1. The Labute approximate surface area is 168 Å². The predicted molar refractivity (Wildman–Crippen MR) is 113 cm³/mol. The van der Waals surface area contributed by atoms with Gasteiger partial charge in [0.2, 0.25) is 0 Å². The minimum atomic E-state index is -0.134. The lowest BCUT2D eigenvalue weighted by molar-refractivity contribution is 0.102. The SMILES string of the molecule is Cc1cccc(C(=O)Nc2ccc(Nc3cc(-n4ccnc4)nc(C)n3)cc2)c1. The van der Waals surface area contributed by atoms with Crippen LogP contribution in [0.25, 0.3) is 5.82 Å². The van der Waals surface area contributed by atoms with E-state index in [1.54, 1.807) is 18.6 Å². The number of rotatable bonds is 5. The first kappa shape index (κ1) is 18.4. The van der Waals surface area contributed by atoms with Crippen LogP contribution in [0.15, 0.2) is 73.3 Å². The highest BCUT2D eigenvalue weighted by atomic mass is 16.1. The van der Waals surface area contributed by atoms with Crippen LogP contribution in [-0.4, -0.2) is 25.4 Å². The lowest BCUT2D eigenvalue weighted by Gasteiger charge is -2.10. The maximum absolute atomic E-state index is 12.4. The van der Waals surface area contributed by atoms with Gasteiger partial charge in [0, 0.05) is 35.4 Å². The van der Waals surface area contributed by atoms with Gasteiger partial charge < -0.3 is 10.6 Å². The summed E-state index contributed by atoms with van der Waals surface area (Å²) >= 11 is 0. The van der Waals surface area contributed by atoms with Gasteiger partial charge in [0.1, 0.15) is 23.8 Å². The molecule has 0 aliphatic carbocycles. The number of carbonyl (C=O) groups excluding carboxylic acids is 1. The third-order valence-corrected chi connectivity index (χ3v) is 4.29. The molecule has 4 rings (SSSR count). The predicted octanol–water partition coefficient (Wildman–Crippen LogP) is 4.28. The summed E-state index contributed by atoms with van der Waals surface area (Å²) in [6.45, 7) is 3.81. The van der Waals surface area contributed by atoms with Crippen molar-refractivity contribution in [2.75, 3.05) is 10.6 Å². The van der Waals surface area contributed by atoms with Crippen LogP contribution in [0.1, 0.15) is 21.7 Å². The first-order valence-corrected chi connectivity index (χ1v) is 9.16. The van der Waals surface area contributed by atoms with Crippen molar-refractivity contribution < 1.29 is 4.79 Å². The first-order valence-electron chi connectivity index (χ1n) is 9.16. The summed E-state index contributed by atoms with van der Waals surface area (Å²) in [5.74, 6) is 1.93. The lowest BCUT2D eigenvalue weighted by atomic mass is 10.1. The molecule has 0 spiro atoms. The van der Waals surface area contributed by atoms with Crippen LogP contribution in [0.4, 0.5) is 17.2 Å². The van der Waals surface area contributed by atoms with E-state index < -0.39 is 0 Å². The molecule has 0 saturated carbocycles. The second kappa shape index (κ2) is 7.93. The van der Waals surface area contributed by atoms with Gasteiger partial charge in [-0.25, -0.2) is 15.0 Å². The molecule has 1 amide bonds. The molecular weight excluding hydrogens is 364 g/mol. The number of nitrogens with one attached hydrogen (secondary N) is 2. The molecule has 0 atom stereocenters. The monoisotopic (exact) mass is 384 g/mol. The van der Waals surface area contributed by atoms with Gasteiger partial charge in [-0.05, 0) is 50.2 Å². The molecule has 7 nitrogen and oxygen atoms in total. The Morgan fingerprint density at radius 1 is 0.966 bits per heavy atom. The van der Waals surface area contributed by atoms with Crippen LogP contribution in [-0.2, 0) is 0 Å². The van der Waals surface area contributed by atoms with E-state index in [0.717, 1.165) is 22.8 Å². The normalized spacial score (nSPS) is 10.6. The van der Waals surface area contributed by atoms with Gasteiger partial charge in [0.15, 0.2) is 0 Å². The van der Waals surface area contributed by atoms with Crippen molar-refractivity contribution in [1.82, 2.24) is 19.5 Å². The Balaban J connectivity index is 1.47. The number of hydrogen-bond donors (Lipinski definition) is 2. The van der Waals surface area contributed by atoms with Gasteiger partial charge in [-0.2, -0.15) is 0 Å². The van der Waals surface area contributed by atoms with Gasteiger partial charge in [0.05, 0.1) is 0 Å². The van der Waals surface area contributed by atoms with Crippen molar-refractivity contribution >= 4 is 23.1 Å². The molecule has 7 heteroatoms. The number of benzene rings is 2. The number of imidazole rings is 1. The van der Waals surface area contributed by atoms with E-state index in [2.05, 4.69) is 25.6 Å². The Bertz CT molecular complexity index is 1140. The number of carbonyl (C=O) groups is 1. The van der Waals surface area contributed by atoms with Crippen molar-refractivity contribution in [2.24, 2.45) is 0 Å². The summed E-state index contributed by atoms with van der Waals surface area (Å²) in [5, 5.41) is 6.18. The molecule has 0 saturated heterocycles. The summed E-state index contributed by atoms with van der Waals surface area (Å²) in [6.07, 6.45) is 5.23. The van der Waals surface area contributed by atoms with Gasteiger partial charge in [0.25, 0.3) is 5.91 Å². The molecule has 2 N–H and O–H groups in total. The smallest absolute Gasteiger partial charge is 0.255 e. The number of nitrogens with zero attached hydrogens (tertiary/aromatic N) is 4. The summed E-state index contributed by atoms with van der Waals surface area (Å²) < 4.78 is 1.82. The number of aryl methyl sites for hydroxylation is 2. The van der Waals surface area contributed by atoms with Crippen LogP contribution >= 0.6 is 0 Å². The molecule has 144 valence electrons. The first-order chi connectivity index (χ1) is 14.1. The highest BCUT2D eigenvalue weighted by Gasteiger charge is 2.07. The maximum atomic E-state index is 12.4. The van der Waals surface area contributed by atoms with E-state index in [1.165, 1.54) is 0 Å². The van der Waals surface area contributed by atoms with Crippen molar-refractivity contribution in [3.8, 4) is 5.82 Å². The van der Waals surface area contributed by atoms with E-state index in [0.29, 0.717) is 17.2 Å². The summed E-state index contributed by atoms with van der Waals surface area (Å²) in [7, 11) is 0. The lowest BCUT2D eigenvalue weighted by Crippen LogP contribution is -2.11. The quantitative estimate of drug-likeness (QED) is 0.537. The van der Waals surface area contributed by atoms with Crippen LogP contribution in [0, 0.1) is 13.8 Å². The molecule has 29 heavy (non-hydrogen) atoms. The molecule has 0 aliphatic rings. The zero-order chi connectivity index (χ0) is 20.2. The summed E-state index contributed by atoms with van der Waals surface area (Å²) in [6, 6.07) is 16.8. The fourth-order valence-electron chi connectivity index (χ4n) is 2.92. The highest BCUT2D eigenvalue weighted by molar-refractivity contribution is 6.04. The number of hydrogen-bond acceptors (Lipinski definition) is 5. The third kappa shape index (κ3) is 4.47. The van der Waals surface area contributed by atoms with Crippen LogP contribution in [0.5, 0.6) is 0 Å². The average molecular weight is 384 g/mol. The molecule has 2 aromatic heterocycles. The highest BCUT2D eigenvalue weighted by Crippen LogP contribution is 2.20. The second-order valence-electron chi connectivity index (χ2n) is 6.65. The Hall–Kier alpha value is -4.00. The summed E-state index contributed by atoms with van der Waals surface area (Å²) in [5.41, 5.74) is 3.26. The molecule has 0 aliphatic heterocycles. The van der Waals surface area contributed by atoms with Gasteiger partial charge in [-0.1, -0.05) is 17.7 Å². The molecule has 0 bridgehead atoms. The molecule has 0 radical (unpaired) electrons. The van der Waals surface area contributed by atoms with Gasteiger partial charge in [-0.3, -0.25) is 9.36 Å². The van der Waals surface area contributed by atoms with E-state index in [-0.39, 0.29) is 5.91 Å². The van der Waals surface area contributed by atoms with E-state index >= 15 is 0 Å². The topological polar surface area (TPSA) is 84.7 Å². The van der Waals surface area contributed by atoms with Crippen molar-refractivity contribution in [1.29, 1.82) is 0 Å². The molecule has 2 aromatic carbocycles. The Morgan fingerprint density at radius 2 is 1.76 bits per heavy atom. The van der Waals surface area contributed by atoms with E-state index in [9.17, 15) is 4.79 Å². The molecular formula is C22H20N6O. The molecule has 4 aromatic rings. The maximum Gasteiger partial charge on any atom is 0.255 e.